The molecular weight excluding hydrogens is 488 g/mol. The number of nitrogens with zero attached hydrogens (tertiary/aromatic N) is 3. The topological polar surface area (TPSA) is 68.9 Å². The maximum absolute atomic E-state index is 14.2. The van der Waals surface area contributed by atoms with Crippen molar-refractivity contribution in [3.05, 3.63) is 66.4 Å². The van der Waals surface area contributed by atoms with E-state index in [9.17, 15) is 9.59 Å². The molecule has 4 aliphatic heterocycles. The van der Waals surface area contributed by atoms with Crippen LogP contribution in [-0.4, -0.2) is 77.6 Å². The summed E-state index contributed by atoms with van der Waals surface area (Å²) >= 11 is 0. The number of benzene rings is 2. The van der Waals surface area contributed by atoms with E-state index >= 15 is 0 Å². The number of rotatable bonds is 8. The second kappa shape index (κ2) is 11.1. The molecule has 7 nitrogen and oxygen atoms in total. The molecule has 0 saturated carbocycles. The number of hydrogen-bond acceptors (Lipinski definition) is 5. The number of ether oxygens (including phenoxy) is 1. The van der Waals surface area contributed by atoms with E-state index < -0.39 is 5.54 Å². The molecule has 0 aliphatic carbocycles. The number of fused-ring (bicyclic) bond motifs is 4. The van der Waals surface area contributed by atoms with Gasteiger partial charge in [0.2, 0.25) is 5.91 Å². The standard InChI is InChI=1S/C32H40N4O3/c1-2-30(37)36(26-8-4-3-5-9-26)32(31(38)39-29-23-35-18-12-24(29)13-19-35)15-20-34(21-16-32)17-14-25-22-33-28-11-7-6-10-27(25)28/h3-11,22,24,29,33H,2,12-21,23H2,1H3. The number of aromatic nitrogens is 1. The Morgan fingerprint density at radius 1 is 1.00 bits per heavy atom. The SMILES string of the molecule is CCC(=O)N(c1ccccc1)C1(C(=O)OC2CN3CCC2CC3)CCN(CCc2c[nH]c3ccccc23)CC1. The number of esters is 1. The van der Waals surface area contributed by atoms with Crippen LogP contribution in [0.4, 0.5) is 5.69 Å². The highest BCUT2D eigenvalue weighted by molar-refractivity contribution is 6.02. The number of H-pyrrole nitrogens is 1. The average Bonchev–Trinajstić information content (AvgIpc) is 3.41. The highest BCUT2D eigenvalue weighted by atomic mass is 16.5. The van der Waals surface area contributed by atoms with Gasteiger partial charge in [-0.3, -0.25) is 14.6 Å². The average molecular weight is 529 g/mol. The first-order valence-corrected chi connectivity index (χ1v) is 14.7. The molecule has 3 aromatic rings. The Balaban J connectivity index is 1.22. The lowest BCUT2D eigenvalue weighted by Gasteiger charge is -2.49. The monoisotopic (exact) mass is 528 g/mol. The highest BCUT2D eigenvalue weighted by Crippen LogP contribution is 2.38. The molecule has 4 fully saturated rings. The fraction of sp³-hybridized carbons (Fsp3) is 0.500. The van der Waals surface area contributed by atoms with Crippen molar-refractivity contribution in [2.75, 3.05) is 44.2 Å². The summed E-state index contributed by atoms with van der Waals surface area (Å²) in [5, 5.41) is 1.27. The number of piperidine rings is 4. The molecule has 4 saturated heterocycles. The summed E-state index contributed by atoms with van der Waals surface area (Å²) in [6.07, 6.45) is 6.63. The summed E-state index contributed by atoms with van der Waals surface area (Å²) < 4.78 is 6.37. The minimum Gasteiger partial charge on any atom is -0.459 e. The van der Waals surface area contributed by atoms with Gasteiger partial charge in [-0.25, -0.2) is 4.79 Å². The van der Waals surface area contributed by atoms with Crippen LogP contribution in [0.1, 0.15) is 44.6 Å². The fourth-order valence-electron chi connectivity index (χ4n) is 6.94. The smallest absolute Gasteiger partial charge is 0.332 e. The number of amides is 1. The molecule has 7 rings (SSSR count). The van der Waals surface area contributed by atoms with Crippen molar-refractivity contribution in [3.63, 3.8) is 0 Å². The lowest BCUT2D eigenvalue weighted by molar-refractivity contribution is -0.168. The van der Waals surface area contributed by atoms with E-state index in [2.05, 4.69) is 45.2 Å². The second-order valence-corrected chi connectivity index (χ2v) is 11.5. The molecule has 1 amide bonds. The van der Waals surface area contributed by atoms with Crippen LogP contribution in [0.2, 0.25) is 0 Å². The zero-order chi connectivity index (χ0) is 26.8. The van der Waals surface area contributed by atoms with Gasteiger partial charge in [0.1, 0.15) is 11.6 Å². The molecule has 0 radical (unpaired) electrons. The van der Waals surface area contributed by atoms with Crippen molar-refractivity contribution >= 4 is 28.5 Å². The number of hydrogen-bond donors (Lipinski definition) is 1. The Labute approximate surface area is 231 Å². The number of carbonyl (C=O) groups excluding carboxylic acids is 2. The van der Waals surface area contributed by atoms with Gasteiger partial charge in [-0.1, -0.05) is 43.3 Å². The molecule has 39 heavy (non-hydrogen) atoms. The molecule has 5 heterocycles. The Kier molecular flexibility index (Phi) is 7.45. The summed E-state index contributed by atoms with van der Waals surface area (Å²) in [5.74, 6) is 0.182. The van der Waals surface area contributed by atoms with Crippen LogP contribution in [0.25, 0.3) is 10.9 Å². The van der Waals surface area contributed by atoms with E-state index in [0.29, 0.717) is 25.2 Å². The first kappa shape index (κ1) is 26.1. The highest BCUT2D eigenvalue weighted by Gasteiger charge is 2.51. The minimum atomic E-state index is -0.988. The summed E-state index contributed by atoms with van der Waals surface area (Å²) in [6, 6.07) is 18.1. The van der Waals surface area contributed by atoms with Crippen molar-refractivity contribution in [3.8, 4) is 0 Å². The van der Waals surface area contributed by atoms with Crippen molar-refractivity contribution in [1.82, 2.24) is 14.8 Å². The predicted octanol–water partition coefficient (Wildman–Crippen LogP) is 4.63. The molecule has 2 aromatic carbocycles. The maximum Gasteiger partial charge on any atom is 0.332 e. The van der Waals surface area contributed by atoms with Crippen LogP contribution in [0.15, 0.2) is 60.8 Å². The number of aromatic amines is 1. The molecule has 0 spiro atoms. The fourth-order valence-corrected chi connectivity index (χ4v) is 6.94. The lowest BCUT2D eigenvalue weighted by atomic mass is 9.83. The normalized spacial score (nSPS) is 24.5. The zero-order valence-electron chi connectivity index (χ0n) is 23.0. The number of anilines is 1. The van der Waals surface area contributed by atoms with Gasteiger partial charge in [0, 0.05) is 55.4 Å². The first-order valence-electron chi connectivity index (χ1n) is 14.7. The number of nitrogens with one attached hydrogen (secondary N) is 1. The van der Waals surface area contributed by atoms with E-state index in [0.717, 1.165) is 69.7 Å². The third-order valence-electron chi connectivity index (χ3n) is 9.28. The molecule has 7 heteroatoms. The van der Waals surface area contributed by atoms with Gasteiger partial charge in [-0.2, -0.15) is 0 Å². The van der Waals surface area contributed by atoms with E-state index in [1.807, 2.05) is 37.3 Å². The van der Waals surface area contributed by atoms with Crippen LogP contribution in [-0.2, 0) is 20.7 Å². The van der Waals surface area contributed by atoms with E-state index in [1.165, 1.54) is 10.9 Å². The molecule has 206 valence electrons. The molecule has 2 bridgehead atoms. The molecular formula is C32H40N4O3. The Morgan fingerprint density at radius 3 is 2.41 bits per heavy atom. The van der Waals surface area contributed by atoms with E-state index in [4.69, 9.17) is 4.74 Å². The number of likely N-dealkylation sites (tertiary alicyclic amines) is 1. The van der Waals surface area contributed by atoms with Gasteiger partial charge in [0.05, 0.1) is 0 Å². The van der Waals surface area contributed by atoms with Gasteiger partial charge in [-0.05, 0) is 74.9 Å². The van der Waals surface area contributed by atoms with Crippen molar-refractivity contribution in [2.24, 2.45) is 5.92 Å². The largest absolute Gasteiger partial charge is 0.459 e. The van der Waals surface area contributed by atoms with Gasteiger partial charge in [0.15, 0.2) is 0 Å². The molecule has 1 aromatic heterocycles. The predicted molar refractivity (Wildman–Crippen MR) is 154 cm³/mol. The molecule has 1 unspecified atom stereocenters. The van der Waals surface area contributed by atoms with Crippen LogP contribution in [0.5, 0.6) is 0 Å². The summed E-state index contributed by atoms with van der Waals surface area (Å²) in [4.78, 5) is 37.8. The maximum atomic E-state index is 14.2. The van der Waals surface area contributed by atoms with Crippen LogP contribution >= 0.6 is 0 Å². The Morgan fingerprint density at radius 2 is 1.72 bits per heavy atom. The van der Waals surface area contributed by atoms with Crippen molar-refractivity contribution in [1.29, 1.82) is 0 Å². The number of carbonyl (C=O) groups is 2. The van der Waals surface area contributed by atoms with Crippen molar-refractivity contribution in [2.45, 2.75) is 57.1 Å². The third-order valence-corrected chi connectivity index (χ3v) is 9.28. The van der Waals surface area contributed by atoms with Gasteiger partial charge >= 0.3 is 5.97 Å². The second-order valence-electron chi connectivity index (χ2n) is 11.5. The molecule has 4 aliphatic rings. The van der Waals surface area contributed by atoms with Gasteiger partial charge in [0.25, 0.3) is 0 Å². The molecule has 1 N–H and O–H groups in total. The Hall–Kier alpha value is -3.16. The Bertz CT molecular complexity index is 1290. The zero-order valence-corrected chi connectivity index (χ0v) is 23.0. The number of para-hydroxylation sites is 2. The van der Waals surface area contributed by atoms with Crippen LogP contribution in [0.3, 0.4) is 0 Å². The van der Waals surface area contributed by atoms with Crippen LogP contribution < -0.4 is 4.90 Å². The third kappa shape index (κ3) is 5.10. The van der Waals surface area contributed by atoms with Crippen LogP contribution in [0, 0.1) is 5.92 Å². The summed E-state index contributed by atoms with van der Waals surface area (Å²) in [7, 11) is 0. The van der Waals surface area contributed by atoms with Gasteiger partial charge < -0.3 is 14.6 Å². The lowest BCUT2D eigenvalue weighted by Crippen LogP contribution is -2.64. The first-order chi connectivity index (χ1) is 19.1. The summed E-state index contributed by atoms with van der Waals surface area (Å²) in [6.45, 7) is 7.30. The quantitative estimate of drug-likeness (QED) is 0.432. The van der Waals surface area contributed by atoms with E-state index in [1.54, 1.807) is 4.90 Å². The summed E-state index contributed by atoms with van der Waals surface area (Å²) in [5.41, 5.74) is 2.27. The van der Waals surface area contributed by atoms with E-state index in [-0.39, 0.29) is 18.0 Å². The minimum absolute atomic E-state index is 0.0284. The van der Waals surface area contributed by atoms with Gasteiger partial charge in [-0.15, -0.1) is 0 Å². The van der Waals surface area contributed by atoms with Crippen molar-refractivity contribution < 1.29 is 14.3 Å². The molecule has 1 atom stereocenters.